The molecular weight excluding hydrogens is 308 g/mol. The Kier molecular flexibility index (Phi) is 4.62. The molecule has 0 spiro atoms. The molecule has 0 unspecified atom stereocenters. The molecular formula is C17H20N4OS. The van der Waals surface area contributed by atoms with E-state index in [1.165, 1.54) is 16.5 Å². The van der Waals surface area contributed by atoms with E-state index in [9.17, 15) is 4.79 Å². The van der Waals surface area contributed by atoms with Crippen molar-refractivity contribution >= 4 is 28.3 Å². The van der Waals surface area contributed by atoms with E-state index < -0.39 is 0 Å². The van der Waals surface area contributed by atoms with Gasteiger partial charge in [0.2, 0.25) is 0 Å². The molecule has 3 rings (SSSR count). The smallest absolute Gasteiger partial charge is 0.315 e. The highest BCUT2D eigenvalue weighted by Crippen LogP contribution is 2.19. The van der Waals surface area contributed by atoms with E-state index in [2.05, 4.69) is 45.7 Å². The minimum Gasteiger partial charge on any atom is -0.361 e. The normalized spacial score (nSPS) is 10.9. The Labute approximate surface area is 139 Å². The number of urea groups is 1. The molecule has 23 heavy (non-hydrogen) atoms. The van der Waals surface area contributed by atoms with Gasteiger partial charge in [-0.2, -0.15) is 0 Å². The summed E-state index contributed by atoms with van der Waals surface area (Å²) in [4.78, 5) is 20.4. The lowest BCUT2D eigenvalue weighted by atomic mass is 10.1. The molecule has 0 aliphatic rings. The number of nitrogens with one attached hydrogen (secondary N) is 3. The third-order valence-corrected chi connectivity index (χ3v) is 4.79. The monoisotopic (exact) mass is 328 g/mol. The number of hydrogen-bond donors (Lipinski definition) is 3. The minimum atomic E-state index is -0.145. The molecule has 0 fully saturated rings. The standard InChI is InChI=1S/C17H20N4OS/c1-11-3-4-14-13(8-19-15(14)7-11)5-6-18-17(22)20-9-16-12(2)21-10-23-16/h3-4,7-8,10,19H,5-6,9H2,1-2H3,(H2,18,20,22). The second-order valence-electron chi connectivity index (χ2n) is 5.58. The van der Waals surface area contributed by atoms with Crippen molar-refractivity contribution in [3.63, 3.8) is 0 Å². The quantitative estimate of drug-likeness (QED) is 0.673. The number of thiazole rings is 1. The molecule has 2 amide bonds. The summed E-state index contributed by atoms with van der Waals surface area (Å²) in [6.07, 6.45) is 2.82. The summed E-state index contributed by atoms with van der Waals surface area (Å²) >= 11 is 1.56. The number of amides is 2. The van der Waals surface area contributed by atoms with Crippen molar-refractivity contribution in [2.24, 2.45) is 0 Å². The van der Waals surface area contributed by atoms with Crippen LogP contribution in [0.1, 0.15) is 21.7 Å². The van der Waals surface area contributed by atoms with E-state index >= 15 is 0 Å². The van der Waals surface area contributed by atoms with Crippen LogP contribution in [0.5, 0.6) is 0 Å². The van der Waals surface area contributed by atoms with Crippen LogP contribution in [-0.2, 0) is 13.0 Å². The maximum absolute atomic E-state index is 11.8. The molecule has 1 aromatic carbocycles. The number of H-pyrrole nitrogens is 1. The molecule has 2 aromatic heterocycles. The molecule has 2 heterocycles. The first kappa shape index (κ1) is 15.6. The summed E-state index contributed by atoms with van der Waals surface area (Å²) < 4.78 is 0. The first-order valence-corrected chi connectivity index (χ1v) is 8.49. The fourth-order valence-electron chi connectivity index (χ4n) is 2.54. The van der Waals surface area contributed by atoms with E-state index in [4.69, 9.17) is 0 Å². The predicted molar refractivity (Wildman–Crippen MR) is 93.8 cm³/mol. The van der Waals surface area contributed by atoms with E-state index in [0.717, 1.165) is 22.5 Å². The Morgan fingerprint density at radius 1 is 1.30 bits per heavy atom. The van der Waals surface area contributed by atoms with Gasteiger partial charge in [-0.3, -0.25) is 0 Å². The number of aromatic amines is 1. The number of benzene rings is 1. The number of rotatable bonds is 5. The van der Waals surface area contributed by atoms with Gasteiger partial charge in [-0.15, -0.1) is 11.3 Å². The third-order valence-electron chi connectivity index (χ3n) is 3.86. The zero-order valence-corrected chi connectivity index (χ0v) is 14.1. The Balaban J connectivity index is 1.48. The lowest BCUT2D eigenvalue weighted by molar-refractivity contribution is 0.240. The van der Waals surface area contributed by atoms with E-state index in [1.54, 1.807) is 16.8 Å². The van der Waals surface area contributed by atoms with E-state index in [-0.39, 0.29) is 6.03 Å². The maximum Gasteiger partial charge on any atom is 0.315 e. The van der Waals surface area contributed by atoms with Gasteiger partial charge in [-0.1, -0.05) is 12.1 Å². The molecule has 5 nitrogen and oxygen atoms in total. The summed E-state index contributed by atoms with van der Waals surface area (Å²) in [5.41, 5.74) is 6.37. The second kappa shape index (κ2) is 6.83. The highest BCUT2D eigenvalue weighted by atomic mass is 32.1. The van der Waals surface area contributed by atoms with Crippen LogP contribution >= 0.6 is 11.3 Å². The molecule has 0 aliphatic heterocycles. The van der Waals surface area contributed by atoms with Crippen molar-refractivity contribution in [3.05, 3.63) is 51.6 Å². The Morgan fingerprint density at radius 3 is 2.96 bits per heavy atom. The fourth-order valence-corrected chi connectivity index (χ4v) is 3.25. The van der Waals surface area contributed by atoms with Gasteiger partial charge in [0.15, 0.2) is 0 Å². The van der Waals surface area contributed by atoms with Crippen LogP contribution in [0.4, 0.5) is 4.79 Å². The lowest BCUT2D eigenvalue weighted by Gasteiger charge is -2.07. The molecule has 3 N–H and O–H groups in total. The SMILES string of the molecule is Cc1ccc2c(CCNC(=O)NCc3scnc3C)c[nH]c2c1. The number of fused-ring (bicyclic) bond motifs is 1. The average molecular weight is 328 g/mol. The van der Waals surface area contributed by atoms with Crippen molar-refractivity contribution in [1.82, 2.24) is 20.6 Å². The lowest BCUT2D eigenvalue weighted by Crippen LogP contribution is -2.36. The molecule has 0 saturated carbocycles. The summed E-state index contributed by atoms with van der Waals surface area (Å²) in [6.45, 7) is 5.16. The van der Waals surface area contributed by atoms with Crippen molar-refractivity contribution in [3.8, 4) is 0 Å². The molecule has 3 aromatic rings. The Morgan fingerprint density at radius 2 is 2.17 bits per heavy atom. The first-order valence-electron chi connectivity index (χ1n) is 7.61. The number of nitrogens with zero attached hydrogens (tertiary/aromatic N) is 1. The molecule has 0 aliphatic carbocycles. The number of aromatic nitrogens is 2. The summed E-state index contributed by atoms with van der Waals surface area (Å²) in [5.74, 6) is 0. The van der Waals surface area contributed by atoms with Crippen molar-refractivity contribution in [2.75, 3.05) is 6.54 Å². The van der Waals surface area contributed by atoms with Gasteiger partial charge in [-0.25, -0.2) is 9.78 Å². The maximum atomic E-state index is 11.8. The van der Waals surface area contributed by atoms with Gasteiger partial charge in [0.1, 0.15) is 0 Å². The van der Waals surface area contributed by atoms with Crippen molar-refractivity contribution < 1.29 is 4.79 Å². The van der Waals surface area contributed by atoms with E-state index in [1.807, 2.05) is 13.1 Å². The van der Waals surface area contributed by atoms with Gasteiger partial charge in [-0.05, 0) is 37.5 Å². The van der Waals surface area contributed by atoms with Crippen LogP contribution in [0.25, 0.3) is 10.9 Å². The number of hydrogen-bond acceptors (Lipinski definition) is 3. The van der Waals surface area contributed by atoms with E-state index in [0.29, 0.717) is 13.1 Å². The van der Waals surface area contributed by atoms with Crippen LogP contribution < -0.4 is 10.6 Å². The summed E-state index contributed by atoms with van der Waals surface area (Å²) in [5, 5.41) is 6.98. The van der Waals surface area contributed by atoms with Crippen molar-refractivity contribution in [2.45, 2.75) is 26.8 Å². The zero-order valence-electron chi connectivity index (χ0n) is 13.3. The minimum absolute atomic E-state index is 0.145. The highest BCUT2D eigenvalue weighted by Gasteiger charge is 2.06. The zero-order chi connectivity index (χ0) is 16.2. The molecule has 0 radical (unpaired) electrons. The summed E-state index contributed by atoms with van der Waals surface area (Å²) in [7, 11) is 0. The number of aryl methyl sites for hydroxylation is 2. The first-order chi connectivity index (χ1) is 11.1. The highest BCUT2D eigenvalue weighted by molar-refractivity contribution is 7.09. The van der Waals surface area contributed by atoms with Gasteiger partial charge < -0.3 is 15.6 Å². The Hall–Kier alpha value is -2.34. The molecule has 6 heteroatoms. The molecule has 120 valence electrons. The topological polar surface area (TPSA) is 69.8 Å². The van der Waals surface area contributed by atoms with Crippen LogP contribution in [0.3, 0.4) is 0 Å². The number of carbonyl (C=O) groups is 1. The van der Waals surface area contributed by atoms with Crippen LogP contribution in [0.2, 0.25) is 0 Å². The second-order valence-corrected chi connectivity index (χ2v) is 6.52. The Bertz CT molecular complexity index is 821. The third kappa shape index (κ3) is 3.71. The van der Waals surface area contributed by atoms with Crippen LogP contribution in [-0.4, -0.2) is 22.5 Å². The van der Waals surface area contributed by atoms with Gasteiger partial charge in [0, 0.05) is 28.5 Å². The van der Waals surface area contributed by atoms with Crippen LogP contribution in [0.15, 0.2) is 29.9 Å². The largest absolute Gasteiger partial charge is 0.361 e. The predicted octanol–water partition coefficient (Wildman–Crippen LogP) is 3.28. The van der Waals surface area contributed by atoms with Crippen LogP contribution in [0, 0.1) is 13.8 Å². The number of carbonyl (C=O) groups excluding carboxylic acids is 1. The summed E-state index contributed by atoms with van der Waals surface area (Å²) in [6, 6.07) is 6.23. The van der Waals surface area contributed by atoms with Gasteiger partial charge in [0.05, 0.1) is 17.7 Å². The molecule has 0 atom stereocenters. The van der Waals surface area contributed by atoms with Crippen molar-refractivity contribution in [1.29, 1.82) is 0 Å². The fraction of sp³-hybridized carbons (Fsp3) is 0.294. The molecule has 0 saturated heterocycles. The van der Waals surface area contributed by atoms with Gasteiger partial charge >= 0.3 is 6.03 Å². The van der Waals surface area contributed by atoms with Gasteiger partial charge in [0.25, 0.3) is 0 Å². The average Bonchev–Trinajstić information content (AvgIpc) is 3.11. The molecule has 0 bridgehead atoms.